The Balaban J connectivity index is 1.89. The van der Waals surface area contributed by atoms with Crippen LogP contribution in [0.25, 0.3) is 0 Å². The Morgan fingerprint density at radius 3 is 2.81 bits per heavy atom. The zero-order valence-electron chi connectivity index (χ0n) is 11.9. The van der Waals surface area contributed by atoms with Crippen LogP contribution < -0.4 is 5.73 Å². The van der Waals surface area contributed by atoms with E-state index in [4.69, 9.17) is 5.73 Å². The summed E-state index contributed by atoms with van der Waals surface area (Å²) in [5.41, 5.74) is 6.85. The average molecular weight is 309 g/mol. The predicted octanol–water partition coefficient (Wildman–Crippen LogP) is 0.573. The smallest absolute Gasteiger partial charge is 0.243 e. The molecule has 114 valence electrons. The number of nitrogen functional groups attached to an aromatic ring is 1. The second kappa shape index (κ2) is 4.99. The van der Waals surface area contributed by atoms with E-state index in [-0.39, 0.29) is 16.8 Å². The lowest BCUT2D eigenvalue weighted by Gasteiger charge is -2.36. The van der Waals surface area contributed by atoms with Gasteiger partial charge >= 0.3 is 0 Å². The molecule has 2 saturated heterocycles. The third-order valence-corrected chi connectivity index (χ3v) is 6.29. The lowest BCUT2D eigenvalue weighted by Crippen LogP contribution is -2.53. The minimum absolute atomic E-state index is 0.0161. The fourth-order valence-electron chi connectivity index (χ4n) is 3.09. The summed E-state index contributed by atoms with van der Waals surface area (Å²) in [6, 6.07) is 4.94. The van der Waals surface area contributed by atoms with Crippen molar-refractivity contribution in [3.8, 4) is 0 Å². The number of fused-ring (bicyclic) bond motifs is 1. The number of sulfonamides is 1. The molecule has 2 fully saturated rings. The molecule has 0 saturated carbocycles. The lowest BCUT2D eigenvalue weighted by atomic mass is 10.2. The summed E-state index contributed by atoms with van der Waals surface area (Å²) < 4.78 is 27.1. The highest BCUT2D eigenvalue weighted by molar-refractivity contribution is 7.89. The molecule has 21 heavy (non-hydrogen) atoms. The number of anilines is 1. The van der Waals surface area contributed by atoms with Crippen molar-refractivity contribution in [3.05, 3.63) is 23.8 Å². The van der Waals surface area contributed by atoms with Crippen LogP contribution in [-0.4, -0.2) is 49.2 Å². The van der Waals surface area contributed by atoms with Gasteiger partial charge in [-0.15, -0.1) is 0 Å². The highest BCUT2D eigenvalue weighted by Gasteiger charge is 2.39. The molecule has 0 spiro atoms. The molecule has 2 N–H and O–H groups in total. The highest BCUT2D eigenvalue weighted by atomic mass is 32.2. The van der Waals surface area contributed by atoms with Gasteiger partial charge in [-0.1, -0.05) is 6.07 Å². The first-order chi connectivity index (χ1) is 9.89. The number of nitrogens with zero attached hydrogens (tertiary/aromatic N) is 2. The molecule has 7 heteroatoms. The number of carbonyl (C=O) groups excluding carboxylic acids is 1. The van der Waals surface area contributed by atoms with Crippen LogP contribution in [0.15, 0.2) is 23.1 Å². The molecule has 0 radical (unpaired) electrons. The standard InChI is InChI=1S/C14H19N3O3S/c1-10-2-3-11(15)8-13(10)21(19,20)16-6-7-17-12(9-16)4-5-14(17)18/h2-3,8,12H,4-7,9,15H2,1H3. The number of rotatable bonds is 2. The van der Waals surface area contributed by atoms with E-state index in [1.165, 1.54) is 10.4 Å². The molecule has 2 aliphatic rings. The van der Waals surface area contributed by atoms with Crippen LogP contribution in [0.5, 0.6) is 0 Å². The Bertz CT molecular complexity index is 687. The molecule has 0 bridgehead atoms. The van der Waals surface area contributed by atoms with Crippen LogP contribution in [0.1, 0.15) is 18.4 Å². The maximum absolute atomic E-state index is 12.8. The van der Waals surface area contributed by atoms with Crippen molar-refractivity contribution in [3.63, 3.8) is 0 Å². The largest absolute Gasteiger partial charge is 0.399 e. The fourth-order valence-corrected chi connectivity index (χ4v) is 4.82. The molecule has 0 aromatic heterocycles. The minimum atomic E-state index is -3.56. The molecule has 1 aromatic rings. The van der Waals surface area contributed by atoms with Crippen LogP contribution >= 0.6 is 0 Å². The first-order valence-electron chi connectivity index (χ1n) is 7.05. The van der Waals surface area contributed by atoms with Gasteiger partial charge in [0.15, 0.2) is 0 Å². The van der Waals surface area contributed by atoms with E-state index in [0.717, 1.165) is 6.42 Å². The minimum Gasteiger partial charge on any atom is -0.399 e. The molecule has 2 aliphatic heterocycles. The molecule has 6 nitrogen and oxygen atoms in total. The van der Waals surface area contributed by atoms with Crippen molar-refractivity contribution in [2.45, 2.75) is 30.7 Å². The van der Waals surface area contributed by atoms with Gasteiger partial charge in [-0.2, -0.15) is 4.31 Å². The second-order valence-electron chi connectivity index (χ2n) is 5.67. The molecular formula is C14H19N3O3S. The van der Waals surface area contributed by atoms with Gasteiger partial charge in [0, 0.05) is 37.8 Å². The van der Waals surface area contributed by atoms with Gasteiger partial charge in [0.1, 0.15) is 0 Å². The predicted molar refractivity (Wildman–Crippen MR) is 79.1 cm³/mol. The number of hydrogen-bond acceptors (Lipinski definition) is 4. The van der Waals surface area contributed by atoms with Gasteiger partial charge in [0.05, 0.1) is 4.90 Å². The highest BCUT2D eigenvalue weighted by Crippen LogP contribution is 2.28. The summed E-state index contributed by atoms with van der Waals surface area (Å²) in [6.07, 6.45) is 1.26. The Hall–Kier alpha value is -1.60. The van der Waals surface area contributed by atoms with E-state index in [2.05, 4.69) is 0 Å². The maximum Gasteiger partial charge on any atom is 0.243 e. The van der Waals surface area contributed by atoms with E-state index >= 15 is 0 Å². The van der Waals surface area contributed by atoms with Gasteiger partial charge in [-0.05, 0) is 31.0 Å². The first-order valence-corrected chi connectivity index (χ1v) is 8.49. The molecule has 1 atom stereocenters. The van der Waals surface area contributed by atoms with Crippen LogP contribution in [0.4, 0.5) is 5.69 Å². The van der Waals surface area contributed by atoms with Crippen molar-refractivity contribution in [1.82, 2.24) is 9.21 Å². The normalized spacial score (nSPS) is 23.4. The number of carbonyl (C=O) groups is 1. The van der Waals surface area contributed by atoms with E-state index in [1.807, 2.05) is 0 Å². The SMILES string of the molecule is Cc1ccc(N)cc1S(=O)(=O)N1CCN2C(=O)CCC2C1. The summed E-state index contributed by atoms with van der Waals surface area (Å²) >= 11 is 0. The van der Waals surface area contributed by atoms with Gasteiger partial charge in [0.25, 0.3) is 0 Å². The van der Waals surface area contributed by atoms with Gasteiger partial charge < -0.3 is 10.6 Å². The molecule has 0 aliphatic carbocycles. The van der Waals surface area contributed by atoms with E-state index in [1.54, 1.807) is 24.0 Å². The maximum atomic E-state index is 12.8. The summed E-state index contributed by atoms with van der Waals surface area (Å²) in [4.78, 5) is 13.7. The Kier molecular flexibility index (Phi) is 3.41. The average Bonchev–Trinajstić information content (AvgIpc) is 2.82. The van der Waals surface area contributed by atoms with Crippen LogP contribution in [0, 0.1) is 6.92 Å². The molecule has 1 amide bonds. The summed E-state index contributed by atoms with van der Waals surface area (Å²) in [5.74, 6) is 0.136. The first kappa shape index (κ1) is 14.3. The van der Waals surface area contributed by atoms with Gasteiger partial charge in [0.2, 0.25) is 15.9 Å². The van der Waals surface area contributed by atoms with E-state index in [9.17, 15) is 13.2 Å². The number of piperazine rings is 1. The van der Waals surface area contributed by atoms with Crippen LogP contribution in [0.3, 0.4) is 0 Å². The van der Waals surface area contributed by atoms with Crippen molar-refractivity contribution >= 4 is 21.6 Å². The fraction of sp³-hybridized carbons (Fsp3) is 0.500. The second-order valence-corrected chi connectivity index (χ2v) is 7.57. The number of nitrogens with two attached hydrogens (primary N) is 1. The van der Waals surface area contributed by atoms with Crippen molar-refractivity contribution < 1.29 is 13.2 Å². The quantitative estimate of drug-likeness (QED) is 0.810. The van der Waals surface area contributed by atoms with E-state index < -0.39 is 10.0 Å². The number of aryl methyl sites for hydroxylation is 1. The Labute approximate surface area is 124 Å². The van der Waals surface area contributed by atoms with Gasteiger partial charge in [-0.3, -0.25) is 4.79 Å². The van der Waals surface area contributed by atoms with Crippen molar-refractivity contribution in [2.75, 3.05) is 25.4 Å². The monoisotopic (exact) mass is 309 g/mol. The third-order valence-electron chi connectivity index (χ3n) is 4.29. The summed E-state index contributed by atoms with van der Waals surface area (Å²) in [5, 5.41) is 0. The number of hydrogen-bond donors (Lipinski definition) is 1. The molecular weight excluding hydrogens is 290 g/mol. The Morgan fingerprint density at radius 2 is 2.05 bits per heavy atom. The molecule has 1 unspecified atom stereocenters. The zero-order chi connectivity index (χ0) is 15.2. The van der Waals surface area contributed by atoms with Crippen LogP contribution in [0.2, 0.25) is 0 Å². The number of amides is 1. The third kappa shape index (κ3) is 2.40. The summed E-state index contributed by atoms with van der Waals surface area (Å²) in [7, 11) is -3.56. The Morgan fingerprint density at radius 1 is 1.29 bits per heavy atom. The zero-order valence-corrected chi connectivity index (χ0v) is 12.8. The topological polar surface area (TPSA) is 83.7 Å². The van der Waals surface area contributed by atoms with Gasteiger partial charge in [-0.25, -0.2) is 8.42 Å². The summed E-state index contributed by atoms with van der Waals surface area (Å²) in [6.45, 7) is 2.97. The van der Waals surface area contributed by atoms with Crippen LogP contribution in [-0.2, 0) is 14.8 Å². The lowest BCUT2D eigenvalue weighted by molar-refractivity contribution is -0.130. The van der Waals surface area contributed by atoms with Crippen molar-refractivity contribution in [2.24, 2.45) is 0 Å². The molecule has 2 heterocycles. The molecule has 1 aromatic carbocycles. The number of benzene rings is 1. The molecule has 3 rings (SSSR count). The van der Waals surface area contributed by atoms with Crippen molar-refractivity contribution in [1.29, 1.82) is 0 Å². The van der Waals surface area contributed by atoms with E-state index in [0.29, 0.717) is 37.3 Å².